The molecule has 1 aliphatic rings. The maximum atomic E-state index is 13.0. The first-order valence-corrected chi connectivity index (χ1v) is 9.78. The van der Waals surface area contributed by atoms with Crippen molar-refractivity contribution >= 4 is 34.2 Å². The SMILES string of the molecule is CCC(C)C(C(=O)Nc1nnc(C(C)C)s1)N1C(=O)c2ccccc2C1=O. The standard InChI is InChI=1S/C19H22N4O3S/c1-5-11(4)14(15(24)20-19-22-21-16(27-19)10(2)3)23-17(25)12-8-6-7-9-13(12)18(23)26/h6-11,14H,5H2,1-4H3,(H,20,22,24). The molecule has 3 rings (SSSR count). The third-order valence-corrected chi connectivity index (χ3v) is 5.86. The molecular weight excluding hydrogens is 364 g/mol. The number of aromatic nitrogens is 2. The zero-order valence-corrected chi connectivity index (χ0v) is 16.5. The Morgan fingerprint density at radius 2 is 1.70 bits per heavy atom. The number of carbonyl (C=O) groups excluding carboxylic acids is 3. The summed E-state index contributed by atoms with van der Waals surface area (Å²) in [5.41, 5.74) is 0.670. The van der Waals surface area contributed by atoms with Gasteiger partial charge in [0.2, 0.25) is 11.0 Å². The second kappa shape index (κ2) is 7.56. The predicted octanol–water partition coefficient (Wildman–Crippen LogP) is 3.31. The molecule has 8 heteroatoms. The Hall–Kier alpha value is -2.61. The number of carbonyl (C=O) groups is 3. The van der Waals surface area contributed by atoms with E-state index in [1.54, 1.807) is 24.3 Å². The van der Waals surface area contributed by atoms with E-state index in [2.05, 4.69) is 15.5 Å². The van der Waals surface area contributed by atoms with E-state index in [0.717, 1.165) is 9.91 Å². The number of benzene rings is 1. The quantitative estimate of drug-likeness (QED) is 0.769. The molecule has 27 heavy (non-hydrogen) atoms. The minimum Gasteiger partial charge on any atom is -0.299 e. The number of fused-ring (bicyclic) bond motifs is 1. The van der Waals surface area contributed by atoms with Crippen LogP contribution in [-0.2, 0) is 4.79 Å². The van der Waals surface area contributed by atoms with E-state index >= 15 is 0 Å². The van der Waals surface area contributed by atoms with Crippen LogP contribution in [0, 0.1) is 5.92 Å². The van der Waals surface area contributed by atoms with Crippen molar-refractivity contribution in [1.82, 2.24) is 15.1 Å². The predicted molar refractivity (Wildman–Crippen MR) is 103 cm³/mol. The van der Waals surface area contributed by atoms with E-state index in [9.17, 15) is 14.4 Å². The van der Waals surface area contributed by atoms with Crippen molar-refractivity contribution in [1.29, 1.82) is 0 Å². The fraction of sp³-hybridized carbons (Fsp3) is 0.421. The smallest absolute Gasteiger partial charge is 0.262 e. The van der Waals surface area contributed by atoms with Gasteiger partial charge in [-0.25, -0.2) is 0 Å². The maximum Gasteiger partial charge on any atom is 0.262 e. The number of hydrogen-bond acceptors (Lipinski definition) is 6. The van der Waals surface area contributed by atoms with Gasteiger partial charge in [0.1, 0.15) is 11.0 Å². The molecule has 0 saturated heterocycles. The molecule has 0 saturated carbocycles. The first kappa shape index (κ1) is 19.2. The van der Waals surface area contributed by atoms with Crippen LogP contribution in [-0.4, -0.2) is 38.9 Å². The zero-order chi connectivity index (χ0) is 19.7. The van der Waals surface area contributed by atoms with Crippen molar-refractivity contribution in [3.05, 3.63) is 40.4 Å². The van der Waals surface area contributed by atoms with Gasteiger partial charge in [-0.1, -0.05) is 57.6 Å². The van der Waals surface area contributed by atoms with Crippen LogP contribution in [0.1, 0.15) is 65.8 Å². The molecule has 3 amide bonds. The van der Waals surface area contributed by atoms with Crippen molar-refractivity contribution < 1.29 is 14.4 Å². The minimum absolute atomic E-state index is 0.203. The van der Waals surface area contributed by atoms with E-state index in [4.69, 9.17) is 0 Å². The Kier molecular flexibility index (Phi) is 5.36. The summed E-state index contributed by atoms with van der Waals surface area (Å²) >= 11 is 1.29. The van der Waals surface area contributed by atoms with Crippen LogP contribution >= 0.6 is 11.3 Å². The number of hydrogen-bond donors (Lipinski definition) is 1. The van der Waals surface area contributed by atoms with Crippen molar-refractivity contribution in [2.24, 2.45) is 5.92 Å². The number of imide groups is 1. The molecule has 0 bridgehead atoms. The molecule has 0 spiro atoms. The lowest BCUT2D eigenvalue weighted by atomic mass is 9.96. The van der Waals surface area contributed by atoms with Gasteiger partial charge in [0.05, 0.1) is 11.1 Å². The average Bonchev–Trinajstić information content (AvgIpc) is 3.21. The fourth-order valence-corrected chi connectivity index (χ4v) is 3.76. The lowest BCUT2D eigenvalue weighted by Crippen LogP contribution is -2.50. The van der Waals surface area contributed by atoms with Gasteiger partial charge in [-0.3, -0.25) is 24.6 Å². The summed E-state index contributed by atoms with van der Waals surface area (Å²) in [5.74, 6) is -1.29. The molecule has 1 aromatic heterocycles. The Bertz CT molecular complexity index is 858. The molecule has 0 aliphatic carbocycles. The molecule has 0 radical (unpaired) electrons. The molecule has 0 fully saturated rings. The topological polar surface area (TPSA) is 92.3 Å². The van der Waals surface area contributed by atoms with Crippen LogP contribution in [0.2, 0.25) is 0 Å². The highest BCUT2D eigenvalue weighted by molar-refractivity contribution is 7.15. The molecule has 7 nitrogen and oxygen atoms in total. The normalized spacial score (nSPS) is 15.8. The Balaban J connectivity index is 1.89. The molecule has 2 heterocycles. The minimum atomic E-state index is -0.909. The Morgan fingerprint density at radius 1 is 1.11 bits per heavy atom. The van der Waals surface area contributed by atoms with Gasteiger partial charge in [0.25, 0.3) is 11.8 Å². The van der Waals surface area contributed by atoms with Gasteiger partial charge in [0, 0.05) is 5.92 Å². The van der Waals surface area contributed by atoms with E-state index in [0.29, 0.717) is 22.7 Å². The van der Waals surface area contributed by atoms with Crippen molar-refractivity contribution in [2.45, 2.75) is 46.1 Å². The molecule has 1 aromatic carbocycles. The lowest BCUT2D eigenvalue weighted by Gasteiger charge is -2.29. The molecule has 2 atom stereocenters. The van der Waals surface area contributed by atoms with Crippen LogP contribution in [0.4, 0.5) is 5.13 Å². The van der Waals surface area contributed by atoms with Crippen molar-refractivity contribution in [3.63, 3.8) is 0 Å². The van der Waals surface area contributed by atoms with Crippen LogP contribution < -0.4 is 5.32 Å². The van der Waals surface area contributed by atoms with E-state index in [1.807, 2.05) is 27.7 Å². The summed E-state index contributed by atoms with van der Waals surface area (Å²) in [6.45, 7) is 7.76. The van der Waals surface area contributed by atoms with Crippen LogP contribution in [0.15, 0.2) is 24.3 Å². The van der Waals surface area contributed by atoms with E-state index < -0.39 is 23.8 Å². The number of nitrogens with one attached hydrogen (secondary N) is 1. The monoisotopic (exact) mass is 386 g/mol. The Morgan fingerprint density at radius 3 is 2.19 bits per heavy atom. The lowest BCUT2D eigenvalue weighted by molar-refractivity contribution is -0.121. The van der Waals surface area contributed by atoms with Gasteiger partial charge >= 0.3 is 0 Å². The summed E-state index contributed by atoms with van der Waals surface area (Å²) in [6, 6.07) is 5.73. The van der Waals surface area contributed by atoms with Gasteiger partial charge in [-0.05, 0) is 18.1 Å². The van der Waals surface area contributed by atoms with Crippen molar-refractivity contribution in [3.8, 4) is 0 Å². The van der Waals surface area contributed by atoms with Gasteiger partial charge in [0.15, 0.2) is 0 Å². The van der Waals surface area contributed by atoms with E-state index in [-0.39, 0.29) is 11.8 Å². The van der Waals surface area contributed by atoms with Gasteiger partial charge in [-0.15, -0.1) is 10.2 Å². The summed E-state index contributed by atoms with van der Waals surface area (Å²) in [4.78, 5) is 39.7. The first-order chi connectivity index (χ1) is 12.8. The van der Waals surface area contributed by atoms with E-state index in [1.165, 1.54) is 11.3 Å². The molecule has 2 unspecified atom stereocenters. The largest absolute Gasteiger partial charge is 0.299 e. The molecule has 2 aromatic rings. The number of nitrogens with zero attached hydrogens (tertiary/aromatic N) is 3. The second-order valence-electron chi connectivity index (χ2n) is 6.95. The number of amides is 3. The summed E-state index contributed by atoms with van der Waals surface area (Å²) in [5, 5.41) is 12.0. The highest BCUT2D eigenvalue weighted by Gasteiger charge is 2.44. The third-order valence-electron chi connectivity index (χ3n) is 4.72. The maximum absolute atomic E-state index is 13.0. The Labute approximate surface area is 161 Å². The molecule has 1 aliphatic heterocycles. The summed E-state index contributed by atoms with van der Waals surface area (Å²) in [6.07, 6.45) is 0.638. The first-order valence-electron chi connectivity index (χ1n) is 8.96. The fourth-order valence-electron chi connectivity index (χ4n) is 3.01. The van der Waals surface area contributed by atoms with Gasteiger partial charge < -0.3 is 0 Å². The third kappa shape index (κ3) is 3.49. The summed E-state index contributed by atoms with van der Waals surface area (Å²) in [7, 11) is 0. The van der Waals surface area contributed by atoms with Gasteiger partial charge in [-0.2, -0.15) is 0 Å². The summed E-state index contributed by atoms with van der Waals surface area (Å²) < 4.78 is 0. The second-order valence-corrected chi connectivity index (χ2v) is 7.95. The van der Waals surface area contributed by atoms with Crippen molar-refractivity contribution in [2.75, 3.05) is 5.32 Å². The average molecular weight is 386 g/mol. The number of anilines is 1. The highest BCUT2D eigenvalue weighted by Crippen LogP contribution is 2.29. The highest BCUT2D eigenvalue weighted by atomic mass is 32.1. The van der Waals surface area contributed by atoms with Crippen LogP contribution in [0.5, 0.6) is 0 Å². The molecular formula is C19H22N4O3S. The van der Waals surface area contributed by atoms with Crippen LogP contribution in [0.3, 0.4) is 0 Å². The van der Waals surface area contributed by atoms with Crippen LogP contribution in [0.25, 0.3) is 0 Å². The molecule has 142 valence electrons. The number of rotatable bonds is 6. The zero-order valence-electron chi connectivity index (χ0n) is 15.7. The molecule has 1 N–H and O–H groups in total.